The Labute approximate surface area is 146 Å². The van der Waals surface area contributed by atoms with Gasteiger partial charge >= 0.3 is 11.4 Å². The van der Waals surface area contributed by atoms with Gasteiger partial charge in [0.25, 0.3) is 0 Å². The lowest BCUT2D eigenvalue weighted by atomic mass is 9.68. The molecule has 0 saturated heterocycles. The molecule has 2 saturated carbocycles. The normalized spacial score (nSPS) is 47.0. The van der Waals surface area contributed by atoms with Crippen molar-refractivity contribution in [1.29, 1.82) is 0 Å². The Kier molecular flexibility index (Phi) is 2.28. The topological polar surface area (TPSA) is 48.9 Å². The van der Waals surface area contributed by atoms with Gasteiger partial charge in [-0.05, 0) is 36.0 Å². The summed E-state index contributed by atoms with van der Waals surface area (Å²) in [7, 11) is 0. The molecule has 0 radical (unpaired) electrons. The van der Waals surface area contributed by atoms with E-state index in [0.29, 0.717) is 17.8 Å². The molecule has 7 unspecified atom stereocenters. The zero-order chi connectivity index (χ0) is 17.3. The van der Waals surface area contributed by atoms with Gasteiger partial charge in [-0.3, -0.25) is 0 Å². The molecule has 6 aliphatic rings. The molecule has 4 aliphatic carbocycles. The Hall–Kier alpha value is -1.78. The highest BCUT2D eigenvalue weighted by Gasteiger charge is 2.63. The van der Waals surface area contributed by atoms with Gasteiger partial charge < -0.3 is 0 Å². The molecular weight excluding hydrogens is 314 g/mol. The van der Waals surface area contributed by atoms with Crippen LogP contribution in [0.15, 0.2) is 33.9 Å². The predicted octanol–water partition coefficient (Wildman–Crippen LogP) is 2.67. The minimum atomic E-state index is -0.0855. The second-order valence-electron chi connectivity index (χ2n) is 9.66. The molecule has 0 amide bonds. The largest absolute Gasteiger partial charge is 0.348 e. The van der Waals surface area contributed by atoms with Gasteiger partial charge in [0.1, 0.15) is 0 Å². The monoisotopic (exact) mass is 339 g/mol. The molecule has 5 nitrogen and oxygen atoms in total. The van der Waals surface area contributed by atoms with Crippen LogP contribution in [0.5, 0.6) is 0 Å². The number of allylic oxidation sites excluding steroid dienone is 4. The van der Waals surface area contributed by atoms with E-state index >= 15 is 0 Å². The summed E-state index contributed by atoms with van der Waals surface area (Å²) in [6.07, 6.45) is 12.0. The molecule has 25 heavy (non-hydrogen) atoms. The van der Waals surface area contributed by atoms with E-state index in [0.717, 1.165) is 12.8 Å². The zero-order valence-electron chi connectivity index (χ0n) is 15.1. The second-order valence-corrected chi connectivity index (χ2v) is 9.66. The molecule has 2 fully saturated rings. The fourth-order valence-electron chi connectivity index (χ4n) is 6.87. The Morgan fingerprint density at radius 3 is 1.88 bits per heavy atom. The number of fused-ring (bicyclic) bond motifs is 2. The molecule has 1 aromatic heterocycles. The minimum Gasteiger partial charge on any atom is -0.246 e. The minimum absolute atomic E-state index is 0.0147. The maximum absolute atomic E-state index is 13.4. The van der Waals surface area contributed by atoms with Gasteiger partial charge in [-0.25, -0.2) is 23.5 Å². The third-order valence-corrected chi connectivity index (χ3v) is 8.95. The third-order valence-electron chi connectivity index (χ3n) is 8.95. The first-order chi connectivity index (χ1) is 11.9. The summed E-state index contributed by atoms with van der Waals surface area (Å²) in [5.74, 6) is 1.38. The molecule has 0 N–H and O–H groups in total. The van der Waals surface area contributed by atoms with E-state index in [-0.39, 0.29) is 40.3 Å². The van der Waals surface area contributed by atoms with Crippen LogP contribution in [0.3, 0.4) is 0 Å². The fourth-order valence-corrected chi connectivity index (χ4v) is 6.87. The van der Waals surface area contributed by atoms with Crippen molar-refractivity contribution >= 4 is 0 Å². The van der Waals surface area contributed by atoms with E-state index in [1.165, 1.54) is 6.42 Å². The number of nitrogens with zero attached hydrogens (tertiary/aromatic N) is 3. The summed E-state index contributed by atoms with van der Waals surface area (Å²) in [5, 5.41) is 0. The van der Waals surface area contributed by atoms with E-state index in [9.17, 15) is 9.59 Å². The van der Waals surface area contributed by atoms with Crippen LogP contribution in [0.2, 0.25) is 0 Å². The summed E-state index contributed by atoms with van der Waals surface area (Å²) in [6.45, 7) is 6.97. The average Bonchev–Trinajstić information content (AvgIpc) is 3.00. The number of rotatable bonds is 1. The maximum atomic E-state index is 13.4. The van der Waals surface area contributed by atoms with E-state index in [1.807, 2.05) is 0 Å². The van der Waals surface area contributed by atoms with Crippen molar-refractivity contribution in [1.82, 2.24) is 13.9 Å². The maximum Gasteiger partial charge on any atom is 0.348 e. The Bertz CT molecular complexity index is 921. The van der Waals surface area contributed by atoms with Crippen molar-refractivity contribution in [3.8, 4) is 0 Å². The molecule has 2 aliphatic heterocycles. The molecule has 132 valence electrons. The van der Waals surface area contributed by atoms with Gasteiger partial charge in [0.05, 0.1) is 12.1 Å². The summed E-state index contributed by atoms with van der Waals surface area (Å²) in [6, 6.07) is 0.0681. The lowest BCUT2D eigenvalue weighted by molar-refractivity contribution is 0.103. The second kappa shape index (κ2) is 3.97. The molecule has 0 spiro atoms. The highest BCUT2D eigenvalue weighted by atomic mass is 16.2. The van der Waals surface area contributed by atoms with Crippen molar-refractivity contribution in [2.24, 2.45) is 28.6 Å². The summed E-state index contributed by atoms with van der Waals surface area (Å²) in [4.78, 5) is 26.7. The SMILES string of the molecule is CC1(C)C2CCC1(C)C(n1c(=O)n3n(c1=O)C1C=CC3C3C=CC31)C2. The van der Waals surface area contributed by atoms with E-state index in [4.69, 9.17) is 0 Å². The molecular formula is C20H25N3O2. The predicted molar refractivity (Wildman–Crippen MR) is 94.6 cm³/mol. The Morgan fingerprint density at radius 1 is 0.920 bits per heavy atom. The van der Waals surface area contributed by atoms with E-state index in [2.05, 4.69) is 45.1 Å². The molecule has 4 bridgehead atoms. The molecule has 7 rings (SSSR count). The quantitative estimate of drug-likeness (QED) is 0.739. The summed E-state index contributed by atoms with van der Waals surface area (Å²) >= 11 is 0. The van der Waals surface area contributed by atoms with Gasteiger partial charge in [-0.15, -0.1) is 0 Å². The van der Waals surface area contributed by atoms with Crippen molar-refractivity contribution in [3.05, 3.63) is 45.3 Å². The first kappa shape index (κ1) is 14.4. The van der Waals surface area contributed by atoms with Gasteiger partial charge in [0, 0.05) is 17.9 Å². The fraction of sp³-hybridized carbons (Fsp3) is 0.700. The summed E-state index contributed by atoms with van der Waals surface area (Å²) in [5.41, 5.74) is 0.0482. The lowest BCUT2D eigenvalue weighted by Gasteiger charge is -2.47. The highest BCUT2D eigenvalue weighted by Crippen LogP contribution is 2.69. The van der Waals surface area contributed by atoms with Crippen molar-refractivity contribution in [3.63, 3.8) is 0 Å². The highest BCUT2D eigenvalue weighted by molar-refractivity contribution is 5.27. The Morgan fingerprint density at radius 2 is 1.48 bits per heavy atom. The van der Waals surface area contributed by atoms with Gasteiger partial charge in [0.2, 0.25) is 0 Å². The molecule has 1 aromatic rings. The number of hydrogen-bond donors (Lipinski definition) is 0. The van der Waals surface area contributed by atoms with Crippen LogP contribution in [0.25, 0.3) is 0 Å². The van der Waals surface area contributed by atoms with Gasteiger partial charge in [-0.2, -0.15) is 0 Å². The zero-order valence-corrected chi connectivity index (χ0v) is 15.1. The van der Waals surface area contributed by atoms with E-state index in [1.54, 1.807) is 13.9 Å². The van der Waals surface area contributed by atoms with Crippen LogP contribution in [-0.4, -0.2) is 13.9 Å². The van der Waals surface area contributed by atoms with Gasteiger partial charge in [-0.1, -0.05) is 45.1 Å². The smallest absolute Gasteiger partial charge is 0.246 e. The molecule has 3 heterocycles. The number of hydrogen-bond acceptors (Lipinski definition) is 2. The average molecular weight is 339 g/mol. The number of aromatic nitrogens is 3. The molecule has 7 atom stereocenters. The Balaban J connectivity index is 1.57. The molecule has 5 heteroatoms. The summed E-state index contributed by atoms with van der Waals surface area (Å²) < 4.78 is 5.17. The van der Waals surface area contributed by atoms with Crippen LogP contribution >= 0.6 is 0 Å². The van der Waals surface area contributed by atoms with Crippen molar-refractivity contribution in [2.75, 3.05) is 0 Å². The van der Waals surface area contributed by atoms with Crippen LogP contribution in [-0.2, 0) is 0 Å². The van der Waals surface area contributed by atoms with Crippen molar-refractivity contribution in [2.45, 2.75) is 58.2 Å². The molecule has 0 aromatic carbocycles. The first-order valence-electron chi connectivity index (χ1n) is 9.68. The standard InChI is InChI=1S/C20H25N3O2/c1-19(2)11-8-9-20(19,3)16(10-11)21-17(24)22-14-6-7-15(23(22)18(21)25)13-5-4-12(13)14/h4-7,11-16H,8-10H2,1-3H3. The van der Waals surface area contributed by atoms with Gasteiger partial charge in [0.15, 0.2) is 0 Å². The van der Waals surface area contributed by atoms with Crippen LogP contribution < -0.4 is 11.4 Å². The van der Waals surface area contributed by atoms with Crippen LogP contribution in [0.1, 0.15) is 58.2 Å². The van der Waals surface area contributed by atoms with Crippen molar-refractivity contribution < 1.29 is 0 Å². The third kappa shape index (κ3) is 1.31. The van der Waals surface area contributed by atoms with Crippen LogP contribution in [0.4, 0.5) is 0 Å². The van der Waals surface area contributed by atoms with E-state index < -0.39 is 0 Å². The lowest BCUT2D eigenvalue weighted by Crippen LogP contribution is -2.50. The van der Waals surface area contributed by atoms with Crippen LogP contribution in [0, 0.1) is 28.6 Å². The first-order valence-corrected chi connectivity index (χ1v) is 9.68.